The van der Waals surface area contributed by atoms with Crippen LogP contribution in [0.2, 0.25) is 0 Å². The standard InChI is InChI=1S/C23H26N2O3/c24-16-21-15-18(14-17-6-4-5-9-22(17)28-21)23(26)25(19-7-2-1-3-8-19)20-10-12-27-13-11-20/h1-9,14,20-21H,10-13,15-16,24H2. The van der Waals surface area contributed by atoms with Crippen molar-refractivity contribution in [3.05, 3.63) is 65.7 Å². The van der Waals surface area contributed by atoms with Gasteiger partial charge in [-0.15, -0.1) is 0 Å². The highest BCUT2D eigenvalue weighted by molar-refractivity contribution is 6.09. The van der Waals surface area contributed by atoms with Crippen molar-refractivity contribution in [1.82, 2.24) is 0 Å². The summed E-state index contributed by atoms with van der Waals surface area (Å²) in [5.41, 5.74) is 8.50. The fraction of sp³-hybridized carbons (Fsp3) is 0.348. The minimum absolute atomic E-state index is 0.0249. The third kappa shape index (κ3) is 3.96. The second-order valence-electron chi connectivity index (χ2n) is 7.24. The van der Waals surface area contributed by atoms with Gasteiger partial charge in [0.05, 0.1) is 0 Å². The number of amides is 1. The summed E-state index contributed by atoms with van der Waals surface area (Å²) in [4.78, 5) is 15.7. The lowest BCUT2D eigenvalue weighted by Gasteiger charge is -2.35. The fourth-order valence-corrected chi connectivity index (χ4v) is 3.88. The number of para-hydroxylation sites is 2. The van der Waals surface area contributed by atoms with Crippen LogP contribution in [0.1, 0.15) is 24.8 Å². The number of hydrogen-bond donors (Lipinski definition) is 1. The van der Waals surface area contributed by atoms with E-state index in [9.17, 15) is 4.79 Å². The number of hydrogen-bond acceptors (Lipinski definition) is 4. The molecule has 0 spiro atoms. The van der Waals surface area contributed by atoms with Crippen LogP contribution in [0.4, 0.5) is 5.69 Å². The molecule has 146 valence electrons. The molecule has 2 aliphatic rings. The monoisotopic (exact) mass is 378 g/mol. The molecule has 4 rings (SSSR count). The number of carbonyl (C=O) groups excluding carboxylic acids is 1. The van der Waals surface area contributed by atoms with Crippen LogP contribution in [0.25, 0.3) is 6.08 Å². The number of nitrogens with two attached hydrogens (primary N) is 1. The Kier molecular flexibility index (Phi) is 5.74. The lowest BCUT2D eigenvalue weighted by molar-refractivity contribution is -0.116. The molecule has 1 atom stereocenters. The minimum Gasteiger partial charge on any atom is -0.488 e. The molecule has 0 saturated carbocycles. The van der Waals surface area contributed by atoms with Gasteiger partial charge in [0.15, 0.2) is 0 Å². The van der Waals surface area contributed by atoms with Gasteiger partial charge in [0.2, 0.25) is 0 Å². The van der Waals surface area contributed by atoms with Crippen molar-refractivity contribution in [1.29, 1.82) is 0 Å². The summed E-state index contributed by atoms with van der Waals surface area (Å²) < 4.78 is 11.6. The molecule has 0 aliphatic carbocycles. The number of nitrogens with zero attached hydrogens (tertiary/aromatic N) is 1. The largest absolute Gasteiger partial charge is 0.488 e. The zero-order chi connectivity index (χ0) is 19.3. The molecule has 0 bridgehead atoms. The zero-order valence-electron chi connectivity index (χ0n) is 15.9. The number of anilines is 1. The summed E-state index contributed by atoms with van der Waals surface area (Å²) in [6.45, 7) is 1.72. The van der Waals surface area contributed by atoms with Crippen molar-refractivity contribution in [3.63, 3.8) is 0 Å². The maximum absolute atomic E-state index is 13.7. The summed E-state index contributed by atoms with van der Waals surface area (Å²) in [5, 5.41) is 0. The van der Waals surface area contributed by atoms with Crippen LogP contribution in [0.3, 0.4) is 0 Å². The molecule has 1 unspecified atom stereocenters. The van der Waals surface area contributed by atoms with E-state index in [1.54, 1.807) is 0 Å². The van der Waals surface area contributed by atoms with Gasteiger partial charge in [-0.3, -0.25) is 4.79 Å². The van der Waals surface area contributed by atoms with E-state index >= 15 is 0 Å². The Morgan fingerprint density at radius 1 is 1.04 bits per heavy atom. The van der Waals surface area contributed by atoms with E-state index in [0.29, 0.717) is 26.2 Å². The van der Waals surface area contributed by atoms with Crippen molar-refractivity contribution in [2.75, 3.05) is 24.7 Å². The average Bonchev–Trinajstić information content (AvgIpc) is 2.95. The van der Waals surface area contributed by atoms with Crippen LogP contribution in [-0.4, -0.2) is 37.8 Å². The summed E-state index contributed by atoms with van der Waals surface area (Å²) >= 11 is 0. The van der Waals surface area contributed by atoms with Crippen LogP contribution in [0.5, 0.6) is 5.75 Å². The zero-order valence-corrected chi connectivity index (χ0v) is 15.9. The molecule has 2 N–H and O–H groups in total. The molecule has 2 aliphatic heterocycles. The van der Waals surface area contributed by atoms with Crippen molar-refractivity contribution >= 4 is 17.7 Å². The van der Waals surface area contributed by atoms with Crippen molar-refractivity contribution in [2.45, 2.75) is 31.4 Å². The second-order valence-corrected chi connectivity index (χ2v) is 7.24. The van der Waals surface area contributed by atoms with Crippen LogP contribution in [0.15, 0.2) is 60.2 Å². The van der Waals surface area contributed by atoms with Crippen LogP contribution < -0.4 is 15.4 Å². The van der Waals surface area contributed by atoms with Gasteiger partial charge in [-0.05, 0) is 37.1 Å². The molecule has 2 heterocycles. The molecule has 2 aromatic carbocycles. The Morgan fingerprint density at radius 2 is 1.75 bits per heavy atom. The molecule has 1 fully saturated rings. The lowest BCUT2D eigenvalue weighted by atomic mass is 10.00. The van der Waals surface area contributed by atoms with Crippen molar-refractivity contribution in [2.24, 2.45) is 5.73 Å². The number of fused-ring (bicyclic) bond motifs is 1. The third-order valence-corrected chi connectivity index (χ3v) is 5.34. The van der Waals surface area contributed by atoms with Gasteiger partial charge >= 0.3 is 0 Å². The Balaban J connectivity index is 1.72. The van der Waals surface area contributed by atoms with Crippen LogP contribution >= 0.6 is 0 Å². The van der Waals surface area contributed by atoms with E-state index < -0.39 is 0 Å². The quantitative estimate of drug-likeness (QED) is 0.886. The van der Waals surface area contributed by atoms with Gasteiger partial charge in [0, 0.05) is 49.0 Å². The van der Waals surface area contributed by atoms with Gasteiger partial charge in [0.1, 0.15) is 11.9 Å². The van der Waals surface area contributed by atoms with Crippen molar-refractivity contribution < 1.29 is 14.3 Å². The molecular weight excluding hydrogens is 352 g/mol. The van der Waals surface area contributed by atoms with E-state index in [2.05, 4.69) is 0 Å². The van der Waals surface area contributed by atoms with Crippen LogP contribution in [0, 0.1) is 0 Å². The summed E-state index contributed by atoms with van der Waals surface area (Å²) in [7, 11) is 0. The number of carbonyl (C=O) groups is 1. The molecule has 1 amide bonds. The van der Waals surface area contributed by atoms with E-state index in [1.807, 2.05) is 65.6 Å². The number of ether oxygens (including phenoxy) is 2. The first-order valence-corrected chi connectivity index (χ1v) is 9.89. The molecule has 5 heteroatoms. The van der Waals surface area contributed by atoms with Crippen LogP contribution in [-0.2, 0) is 9.53 Å². The Bertz CT molecular complexity index is 844. The Labute approximate surface area is 165 Å². The molecule has 0 aromatic heterocycles. The maximum atomic E-state index is 13.7. The number of rotatable bonds is 4. The fourth-order valence-electron chi connectivity index (χ4n) is 3.88. The molecule has 1 saturated heterocycles. The predicted octanol–water partition coefficient (Wildman–Crippen LogP) is 3.39. The predicted molar refractivity (Wildman–Crippen MR) is 110 cm³/mol. The Hall–Kier alpha value is -2.63. The van der Waals surface area contributed by atoms with E-state index in [1.165, 1.54) is 0 Å². The molecule has 2 aromatic rings. The molecule has 0 radical (unpaired) electrons. The van der Waals surface area contributed by atoms with E-state index in [4.69, 9.17) is 15.2 Å². The molecule has 5 nitrogen and oxygen atoms in total. The Morgan fingerprint density at radius 3 is 2.50 bits per heavy atom. The number of benzene rings is 2. The summed E-state index contributed by atoms with van der Waals surface area (Å²) in [6, 6.07) is 17.8. The maximum Gasteiger partial charge on any atom is 0.254 e. The van der Waals surface area contributed by atoms with Crippen molar-refractivity contribution in [3.8, 4) is 5.75 Å². The first-order chi connectivity index (χ1) is 13.8. The highest BCUT2D eigenvalue weighted by Crippen LogP contribution is 2.31. The average molecular weight is 378 g/mol. The van der Waals surface area contributed by atoms with E-state index in [-0.39, 0.29) is 18.1 Å². The normalized spacial score (nSPS) is 19.8. The first kappa shape index (κ1) is 18.7. The summed E-state index contributed by atoms with van der Waals surface area (Å²) in [5.74, 6) is 0.801. The highest BCUT2D eigenvalue weighted by Gasteiger charge is 2.31. The minimum atomic E-state index is -0.217. The SMILES string of the molecule is NCC1CC(C(=O)N(c2ccccc2)C2CCOCC2)=Cc2ccccc2O1. The lowest BCUT2D eigenvalue weighted by Crippen LogP contribution is -2.45. The van der Waals surface area contributed by atoms with Gasteiger partial charge in [-0.1, -0.05) is 36.4 Å². The smallest absolute Gasteiger partial charge is 0.254 e. The van der Waals surface area contributed by atoms with Gasteiger partial charge in [-0.25, -0.2) is 0 Å². The topological polar surface area (TPSA) is 64.8 Å². The summed E-state index contributed by atoms with van der Waals surface area (Å²) in [6.07, 6.45) is 3.91. The first-order valence-electron chi connectivity index (χ1n) is 9.89. The van der Waals surface area contributed by atoms with E-state index in [0.717, 1.165) is 35.4 Å². The third-order valence-electron chi connectivity index (χ3n) is 5.34. The highest BCUT2D eigenvalue weighted by atomic mass is 16.5. The second kappa shape index (κ2) is 8.59. The molecule has 28 heavy (non-hydrogen) atoms. The van der Waals surface area contributed by atoms with Gasteiger partial charge < -0.3 is 20.1 Å². The van der Waals surface area contributed by atoms with Gasteiger partial charge in [-0.2, -0.15) is 0 Å². The molecular formula is C23H26N2O3. The van der Waals surface area contributed by atoms with Gasteiger partial charge in [0.25, 0.3) is 5.91 Å².